The zero-order valence-corrected chi connectivity index (χ0v) is 13.7. The summed E-state index contributed by atoms with van der Waals surface area (Å²) in [6.45, 7) is 7.16. The van der Waals surface area contributed by atoms with Crippen LogP contribution in [0.5, 0.6) is 0 Å². The number of rotatable bonds is 5. The van der Waals surface area contributed by atoms with Gasteiger partial charge in [0.05, 0.1) is 0 Å². The number of nitrogens with zero attached hydrogens (tertiary/aromatic N) is 2. The molecule has 1 aromatic carbocycles. The molecule has 0 aliphatic rings. The number of carbonyl (C=O) groups excluding carboxylic acids is 2. The van der Waals surface area contributed by atoms with E-state index in [0.717, 1.165) is 5.56 Å². The minimum absolute atomic E-state index is 0.0473. The van der Waals surface area contributed by atoms with E-state index in [0.29, 0.717) is 24.2 Å². The highest BCUT2D eigenvalue weighted by molar-refractivity contribution is 5.98. The lowest BCUT2D eigenvalue weighted by Crippen LogP contribution is -2.48. The third-order valence-corrected chi connectivity index (χ3v) is 3.64. The van der Waals surface area contributed by atoms with Crippen LogP contribution in [0.4, 0.5) is 0 Å². The van der Waals surface area contributed by atoms with E-state index in [4.69, 9.17) is 0 Å². The van der Waals surface area contributed by atoms with Gasteiger partial charge < -0.3 is 4.90 Å². The van der Waals surface area contributed by atoms with Gasteiger partial charge in [0.1, 0.15) is 5.56 Å². The van der Waals surface area contributed by atoms with Crippen LogP contribution in [-0.4, -0.2) is 29.8 Å². The fourth-order valence-corrected chi connectivity index (χ4v) is 2.25. The minimum atomic E-state index is -0.220. The Morgan fingerprint density at radius 2 is 1.70 bits per heavy atom. The Morgan fingerprint density at radius 1 is 1.04 bits per heavy atom. The smallest absolute Gasteiger partial charge is 0.305 e. The lowest BCUT2D eigenvalue weighted by molar-refractivity contribution is -0.641. The van der Waals surface area contributed by atoms with Gasteiger partial charge in [0.15, 0.2) is 6.20 Å². The van der Waals surface area contributed by atoms with Crippen LogP contribution < -0.4 is 10.1 Å². The van der Waals surface area contributed by atoms with E-state index in [1.54, 1.807) is 41.6 Å². The fourth-order valence-electron chi connectivity index (χ4n) is 2.25. The van der Waals surface area contributed by atoms with E-state index in [-0.39, 0.29) is 11.8 Å². The summed E-state index contributed by atoms with van der Waals surface area (Å²) in [5.74, 6) is -0.267. The molecule has 2 amide bonds. The van der Waals surface area contributed by atoms with Crippen molar-refractivity contribution >= 4 is 11.8 Å². The summed E-state index contributed by atoms with van der Waals surface area (Å²) in [6, 6.07) is 10.8. The molecule has 0 radical (unpaired) electrons. The SMILES string of the molecule is CCN(CC)C(=O)c1ccc[n+](NC(=O)c2ccc(C)cc2)c1. The van der Waals surface area contributed by atoms with Crippen molar-refractivity contribution in [2.45, 2.75) is 20.8 Å². The van der Waals surface area contributed by atoms with Crippen LogP contribution in [0.3, 0.4) is 0 Å². The predicted molar refractivity (Wildman–Crippen MR) is 88.8 cm³/mol. The van der Waals surface area contributed by atoms with Crippen LogP contribution in [-0.2, 0) is 0 Å². The lowest BCUT2D eigenvalue weighted by atomic mass is 10.1. The van der Waals surface area contributed by atoms with Gasteiger partial charge >= 0.3 is 5.91 Å². The van der Waals surface area contributed by atoms with Crippen molar-refractivity contribution in [3.05, 3.63) is 65.5 Å². The number of nitrogens with one attached hydrogen (secondary N) is 1. The Morgan fingerprint density at radius 3 is 2.30 bits per heavy atom. The summed E-state index contributed by atoms with van der Waals surface area (Å²) in [4.78, 5) is 26.3. The third-order valence-electron chi connectivity index (χ3n) is 3.64. The normalized spacial score (nSPS) is 10.2. The third kappa shape index (κ3) is 4.16. The molecule has 0 fully saturated rings. The first-order valence-corrected chi connectivity index (χ1v) is 7.73. The second kappa shape index (κ2) is 7.54. The van der Waals surface area contributed by atoms with E-state index in [1.807, 2.05) is 32.9 Å². The van der Waals surface area contributed by atoms with Crippen molar-refractivity contribution in [2.24, 2.45) is 0 Å². The standard InChI is InChI=1S/C18H21N3O2/c1-4-20(5-2)18(23)16-7-6-12-21(13-16)19-17(22)15-10-8-14(3)9-11-15/h6-13H,4-5H2,1-3H3/p+1. The number of aryl methyl sites for hydroxylation is 1. The summed E-state index contributed by atoms with van der Waals surface area (Å²) in [5, 5.41) is 0. The van der Waals surface area contributed by atoms with Crippen molar-refractivity contribution in [1.29, 1.82) is 0 Å². The lowest BCUT2D eigenvalue weighted by Gasteiger charge is -2.17. The zero-order chi connectivity index (χ0) is 16.8. The van der Waals surface area contributed by atoms with Crippen molar-refractivity contribution in [3.63, 3.8) is 0 Å². The fraction of sp³-hybridized carbons (Fsp3) is 0.278. The van der Waals surface area contributed by atoms with Crippen LogP contribution in [0.15, 0.2) is 48.8 Å². The van der Waals surface area contributed by atoms with Crippen LogP contribution in [0.25, 0.3) is 0 Å². The van der Waals surface area contributed by atoms with E-state index in [1.165, 1.54) is 4.68 Å². The quantitative estimate of drug-likeness (QED) is 0.860. The van der Waals surface area contributed by atoms with Crippen LogP contribution in [0, 0.1) is 6.92 Å². The first-order chi connectivity index (χ1) is 11.0. The van der Waals surface area contributed by atoms with Crippen LogP contribution >= 0.6 is 0 Å². The van der Waals surface area contributed by atoms with Crippen LogP contribution in [0.1, 0.15) is 40.1 Å². The molecule has 0 atom stereocenters. The Balaban J connectivity index is 2.15. The Bertz CT molecular complexity index is 692. The van der Waals surface area contributed by atoms with E-state index in [9.17, 15) is 9.59 Å². The van der Waals surface area contributed by atoms with Gasteiger partial charge in [0, 0.05) is 24.7 Å². The Kier molecular flexibility index (Phi) is 5.46. The molecule has 120 valence electrons. The zero-order valence-electron chi connectivity index (χ0n) is 13.7. The number of carbonyl (C=O) groups is 2. The number of amides is 2. The van der Waals surface area contributed by atoms with Crippen molar-refractivity contribution < 1.29 is 14.3 Å². The maximum Gasteiger partial charge on any atom is 0.305 e. The molecule has 0 aliphatic carbocycles. The van der Waals surface area contributed by atoms with E-state index < -0.39 is 0 Å². The molecule has 5 heteroatoms. The summed E-state index contributed by atoms with van der Waals surface area (Å²) in [6.07, 6.45) is 3.33. The second-order valence-corrected chi connectivity index (χ2v) is 5.28. The summed E-state index contributed by atoms with van der Waals surface area (Å²) in [5.41, 5.74) is 4.97. The second-order valence-electron chi connectivity index (χ2n) is 5.28. The van der Waals surface area contributed by atoms with E-state index in [2.05, 4.69) is 5.43 Å². The van der Waals surface area contributed by atoms with E-state index >= 15 is 0 Å². The highest BCUT2D eigenvalue weighted by Crippen LogP contribution is 2.04. The molecule has 2 aromatic rings. The van der Waals surface area contributed by atoms with Gasteiger partial charge in [-0.2, -0.15) is 0 Å². The monoisotopic (exact) mass is 312 g/mol. The first-order valence-electron chi connectivity index (χ1n) is 7.73. The van der Waals surface area contributed by atoms with Gasteiger partial charge in [0.25, 0.3) is 5.91 Å². The maximum atomic E-state index is 12.4. The molecular weight excluding hydrogens is 290 g/mol. The molecule has 1 N–H and O–H groups in total. The van der Waals surface area contributed by atoms with Crippen molar-refractivity contribution in [3.8, 4) is 0 Å². The van der Waals surface area contributed by atoms with Gasteiger partial charge in [0.2, 0.25) is 6.20 Å². The number of pyridine rings is 1. The number of benzene rings is 1. The predicted octanol–water partition coefficient (Wildman–Crippen LogP) is 2.15. The molecule has 0 aliphatic heterocycles. The highest BCUT2D eigenvalue weighted by atomic mass is 16.2. The summed E-state index contributed by atoms with van der Waals surface area (Å²) < 4.78 is 1.51. The molecule has 0 saturated carbocycles. The minimum Gasteiger partial charge on any atom is -0.339 e. The molecule has 1 aromatic heterocycles. The maximum absolute atomic E-state index is 12.4. The average Bonchev–Trinajstić information content (AvgIpc) is 2.56. The summed E-state index contributed by atoms with van der Waals surface area (Å²) in [7, 11) is 0. The topological polar surface area (TPSA) is 53.3 Å². The van der Waals surface area contributed by atoms with Gasteiger partial charge in [-0.3, -0.25) is 9.59 Å². The molecular formula is C18H22N3O2+. The number of hydrogen-bond acceptors (Lipinski definition) is 2. The number of aromatic nitrogens is 1. The highest BCUT2D eigenvalue weighted by Gasteiger charge is 2.17. The van der Waals surface area contributed by atoms with Crippen molar-refractivity contribution in [1.82, 2.24) is 4.90 Å². The Labute approximate surface area is 136 Å². The molecule has 2 rings (SSSR count). The van der Waals surface area contributed by atoms with Gasteiger partial charge in [-0.25, -0.2) is 0 Å². The molecule has 23 heavy (non-hydrogen) atoms. The van der Waals surface area contributed by atoms with Gasteiger partial charge in [-0.05, 0) is 39.0 Å². The van der Waals surface area contributed by atoms with Crippen LogP contribution in [0.2, 0.25) is 0 Å². The number of hydrogen-bond donors (Lipinski definition) is 1. The van der Waals surface area contributed by atoms with Gasteiger partial charge in [-0.15, -0.1) is 5.43 Å². The first kappa shape index (κ1) is 16.7. The molecule has 1 heterocycles. The Hall–Kier alpha value is -2.69. The van der Waals surface area contributed by atoms with Gasteiger partial charge in [-0.1, -0.05) is 22.4 Å². The molecule has 0 bridgehead atoms. The van der Waals surface area contributed by atoms with Crippen molar-refractivity contribution in [2.75, 3.05) is 18.5 Å². The largest absolute Gasteiger partial charge is 0.339 e. The molecule has 0 saturated heterocycles. The average molecular weight is 312 g/mol. The molecule has 5 nitrogen and oxygen atoms in total. The molecule has 0 spiro atoms. The molecule has 0 unspecified atom stereocenters. The summed E-state index contributed by atoms with van der Waals surface area (Å²) >= 11 is 0.